The molecule has 126 valence electrons. The lowest BCUT2D eigenvalue weighted by atomic mass is 10.3. The molecule has 9 heteroatoms. The number of benzene rings is 1. The van der Waals surface area contributed by atoms with E-state index in [1.165, 1.54) is 11.3 Å². The van der Waals surface area contributed by atoms with Gasteiger partial charge >= 0.3 is 0 Å². The summed E-state index contributed by atoms with van der Waals surface area (Å²) >= 11 is 3.07. The van der Waals surface area contributed by atoms with E-state index in [9.17, 15) is 17.2 Å². The maximum atomic E-state index is 13.6. The van der Waals surface area contributed by atoms with Crippen LogP contribution in [-0.4, -0.2) is 19.9 Å². The van der Waals surface area contributed by atoms with Crippen LogP contribution in [0.25, 0.3) is 9.88 Å². The highest BCUT2D eigenvalue weighted by Crippen LogP contribution is 2.27. The second-order valence-corrected chi connectivity index (χ2v) is 8.38. The van der Waals surface area contributed by atoms with Crippen LogP contribution in [0.2, 0.25) is 0 Å². The van der Waals surface area contributed by atoms with E-state index in [0.29, 0.717) is 12.5 Å². The molecule has 0 bridgehead atoms. The van der Waals surface area contributed by atoms with E-state index in [-0.39, 0.29) is 6.54 Å². The van der Waals surface area contributed by atoms with Gasteiger partial charge in [0.2, 0.25) is 10.0 Å². The second kappa shape index (κ2) is 7.06. The molecule has 3 rings (SSSR count). The Morgan fingerprint density at radius 2 is 2.00 bits per heavy atom. The van der Waals surface area contributed by atoms with Crippen LogP contribution < -0.4 is 4.72 Å². The second-order valence-electron chi connectivity index (χ2n) is 4.84. The smallest absolute Gasteiger partial charge is 0.240 e. The molecule has 0 amide bonds. The van der Waals surface area contributed by atoms with E-state index >= 15 is 0 Å². The van der Waals surface area contributed by atoms with Gasteiger partial charge in [-0.15, -0.1) is 22.7 Å². The van der Waals surface area contributed by atoms with Crippen LogP contribution in [0.1, 0.15) is 5.69 Å². The molecule has 0 atom stereocenters. The standard InChI is InChI=1S/C15H12F2N2O2S3/c16-10-3-4-14(12(17)8-10)24(20,21)18-6-5-11-9-23-15(19-11)13-2-1-7-22-13/h1-4,7-9,18H,5-6H2. The number of hydrogen-bond acceptors (Lipinski definition) is 5. The van der Waals surface area contributed by atoms with Gasteiger partial charge in [0, 0.05) is 24.4 Å². The summed E-state index contributed by atoms with van der Waals surface area (Å²) in [6.45, 7) is 0.0762. The van der Waals surface area contributed by atoms with E-state index in [1.807, 2.05) is 22.9 Å². The molecule has 0 spiro atoms. The molecule has 1 N–H and O–H groups in total. The molecular weight excluding hydrogens is 374 g/mol. The lowest BCUT2D eigenvalue weighted by Crippen LogP contribution is -2.27. The lowest BCUT2D eigenvalue weighted by molar-refractivity contribution is 0.543. The zero-order valence-corrected chi connectivity index (χ0v) is 14.6. The summed E-state index contributed by atoms with van der Waals surface area (Å²) < 4.78 is 52.9. The third-order valence-electron chi connectivity index (χ3n) is 3.14. The maximum Gasteiger partial charge on any atom is 0.243 e. The van der Waals surface area contributed by atoms with Gasteiger partial charge in [-0.05, 0) is 23.6 Å². The number of thiophene rings is 1. The average molecular weight is 386 g/mol. The molecular formula is C15H12F2N2O2S3. The lowest BCUT2D eigenvalue weighted by Gasteiger charge is -2.07. The summed E-state index contributed by atoms with van der Waals surface area (Å²) in [6.07, 6.45) is 0.379. The number of thiazole rings is 1. The van der Waals surface area contributed by atoms with Crippen molar-refractivity contribution in [3.63, 3.8) is 0 Å². The van der Waals surface area contributed by atoms with Crippen LogP contribution in [0.15, 0.2) is 46.0 Å². The number of aromatic nitrogens is 1. The summed E-state index contributed by atoms with van der Waals surface area (Å²) in [5.74, 6) is -1.94. The van der Waals surface area contributed by atoms with Gasteiger partial charge in [-0.25, -0.2) is 26.9 Å². The fraction of sp³-hybridized carbons (Fsp3) is 0.133. The van der Waals surface area contributed by atoms with Gasteiger partial charge in [0.25, 0.3) is 0 Å². The minimum Gasteiger partial charge on any atom is -0.240 e. The van der Waals surface area contributed by atoms with Crippen molar-refractivity contribution in [3.8, 4) is 9.88 Å². The number of sulfonamides is 1. The zero-order chi connectivity index (χ0) is 17.2. The Labute approximate surface area is 145 Å². The van der Waals surface area contributed by atoms with E-state index in [0.717, 1.165) is 27.7 Å². The first-order valence-corrected chi connectivity index (χ1v) is 10.1. The summed E-state index contributed by atoms with van der Waals surface area (Å²) in [7, 11) is -4.03. The van der Waals surface area contributed by atoms with Crippen molar-refractivity contribution in [1.29, 1.82) is 0 Å². The normalized spacial score (nSPS) is 11.8. The average Bonchev–Trinajstić information content (AvgIpc) is 3.17. The Balaban J connectivity index is 1.63. The predicted octanol–water partition coefficient (Wildman–Crippen LogP) is 3.67. The van der Waals surface area contributed by atoms with Gasteiger partial charge in [0.15, 0.2) is 0 Å². The molecule has 0 aliphatic rings. The summed E-state index contributed by atoms with van der Waals surface area (Å²) in [5, 5.41) is 4.70. The van der Waals surface area contributed by atoms with Crippen LogP contribution in [-0.2, 0) is 16.4 Å². The van der Waals surface area contributed by atoms with Crippen molar-refractivity contribution in [2.75, 3.05) is 6.54 Å². The molecule has 4 nitrogen and oxygen atoms in total. The minimum absolute atomic E-state index is 0.0762. The fourth-order valence-electron chi connectivity index (χ4n) is 2.02. The summed E-state index contributed by atoms with van der Waals surface area (Å²) in [4.78, 5) is 4.93. The molecule has 0 aliphatic heterocycles. The van der Waals surface area contributed by atoms with Crippen molar-refractivity contribution in [2.45, 2.75) is 11.3 Å². The highest BCUT2D eigenvalue weighted by molar-refractivity contribution is 7.89. The highest BCUT2D eigenvalue weighted by atomic mass is 32.2. The molecule has 2 heterocycles. The molecule has 24 heavy (non-hydrogen) atoms. The third-order valence-corrected chi connectivity index (χ3v) is 6.56. The summed E-state index contributed by atoms with van der Waals surface area (Å²) in [6, 6.07) is 6.26. The van der Waals surface area contributed by atoms with Crippen molar-refractivity contribution in [2.24, 2.45) is 0 Å². The first kappa shape index (κ1) is 17.2. The van der Waals surface area contributed by atoms with Crippen molar-refractivity contribution in [3.05, 3.63) is 58.4 Å². The molecule has 0 saturated carbocycles. The largest absolute Gasteiger partial charge is 0.243 e. The van der Waals surface area contributed by atoms with Crippen molar-refractivity contribution >= 4 is 32.7 Å². The summed E-state index contributed by atoms with van der Waals surface area (Å²) in [5.41, 5.74) is 0.755. The van der Waals surface area contributed by atoms with Crippen molar-refractivity contribution < 1.29 is 17.2 Å². The first-order chi connectivity index (χ1) is 11.5. The van der Waals surface area contributed by atoms with Crippen LogP contribution in [0.5, 0.6) is 0 Å². The Kier molecular flexibility index (Phi) is 5.04. The van der Waals surface area contributed by atoms with Gasteiger partial charge in [-0.1, -0.05) is 6.07 Å². The number of nitrogens with one attached hydrogen (secondary N) is 1. The quantitative estimate of drug-likeness (QED) is 0.703. The van der Waals surface area contributed by atoms with Gasteiger partial charge in [0.05, 0.1) is 10.6 Å². The monoisotopic (exact) mass is 386 g/mol. The molecule has 1 aromatic carbocycles. The Morgan fingerprint density at radius 1 is 1.17 bits per heavy atom. The molecule has 2 aromatic heterocycles. The van der Waals surface area contributed by atoms with E-state index < -0.39 is 26.6 Å². The van der Waals surface area contributed by atoms with Crippen LogP contribution in [0.4, 0.5) is 8.78 Å². The molecule has 3 aromatic rings. The molecule has 0 radical (unpaired) electrons. The Bertz CT molecular complexity index is 938. The fourth-order valence-corrected chi connectivity index (χ4v) is 4.78. The molecule has 0 aliphatic carbocycles. The first-order valence-electron chi connectivity index (χ1n) is 6.89. The molecule has 0 unspecified atom stereocenters. The van der Waals surface area contributed by atoms with E-state index in [4.69, 9.17) is 0 Å². The third kappa shape index (κ3) is 3.86. The molecule has 0 fully saturated rings. The number of rotatable bonds is 6. The number of nitrogens with zero attached hydrogens (tertiary/aromatic N) is 1. The van der Waals surface area contributed by atoms with Crippen LogP contribution >= 0.6 is 22.7 Å². The van der Waals surface area contributed by atoms with Crippen LogP contribution in [0.3, 0.4) is 0 Å². The van der Waals surface area contributed by atoms with E-state index in [1.54, 1.807) is 11.3 Å². The molecule has 0 saturated heterocycles. The van der Waals surface area contributed by atoms with Gasteiger partial charge in [-0.3, -0.25) is 0 Å². The van der Waals surface area contributed by atoms with Crippen molar-refractivity contribution in [1.82, 2.24) is 9.71 Å². The number of halogens is 2. The SMILES string of the molecule is O=S(=O)(NCCc1csc(-c2cccs2)n1)c1ccc(F)cc1F. The highest BCUT2D eigenvalue weighted by Gasteiger charge is 2.19. The maximum absolute atomic E-state index is 13.6. The van der Waals surface area contributed by atoms with Gasteiger partial charge in [-0.2, -0.15) is 0 Å². The number of hydrogen-bond donors (Lipinski definition) is 1. The van der Waals surface area contributed by atoms with Gasteiger partial charge in [0.1, 0.15) is 21.5 Å². The Hall–Kier alpha value is -1.68. The van der Waals surface area contributed by atoms with Gasteiger partial charge < -0.3 is 0 Å². The predicted molar refractivity (Wildman–Crippen MR) is 90.7 cm³/mol. The van der Waals surface area contributed by atoms with Crippen LogP contribution in [0, 0.1) is 11.6 Å². The van der Waals surface area contributed by atoms with E-state index in [2.05, 4.69) is 9.71 Å². The Morgan fingerprint density at radius 3 is 2.71 bits per heavy atom. The topological polar surface area (TPSA) is 59.1 Å². The minimum atomic E-state index is -4.03. The zero-order valence-electron chi connectivity index (χ0n) is 12.2.